The summed E-state index contributed by atoms with van der Waals surface area (Å²) >= 11 is 0. The second-order valence-corrected chi connectivity index (χ2v) is 3.35. The molecule has 1 unspecified atom stereocenters. The lowest BCUT2D eigenvalue weighted by atomic mass is 10.2. The number of ketones is 1. The van der Waals surface area contributed by atoms with E-state index in [4.69, 9.17) is 9.47 Å². The predicted molar refractivity (Wildman–Crippen MR) is 49.8 cm³/mol. The fraction of sp³-hybridized carbons (Fsp3) is 0.600. The highest BCUT2D eigenvalue weighted by atomic mass is 16.6. The number of Topliss-reactive ketones (excluding diaryl/α,β-unsaturated/α-hetero) is 1. The molecule has 0 aromatic rings. The minimum absolute atomic E-state index is 0.0303. The average Bonchev–Trinajstić information content (AvgIpc) is 2.93. The molecule has 1 aliphatic heterocycles. The molecule has 0 aliphatic carbocycles. The molecule has 1 aliphatic rings. The molecule has 0 spiro atoms. The summed E-state index contributed by atoms with van der Waals surface area (Å²) in [4.78, 5) is 21.9. The fourth-order valence-corrected chi connectivity index (χ4v) is 0.827. The van der Waals surface area contributed by atoms with Crippen molar-refractivity contribution >= 4 is 11.8 Å². The molecule has 4 heteroatoms. The SMILES string of the molecule is CC(=O)C/C=C(\C)C(=O)OCC1CO1. The summed E-state index contributed by atoms with van der Waals surface area (Å²) in [5.74, 6) is -0.343. The van der Waals surface area contributed by atoms with Crippen molar-refractivity contribution in [2.45, 2.75) is 26.4 Å². The highest BCUT2D eigenvalue weighted by Crippen LogP contribution is 2.10. The second kappa shape index (κ2) is 4.91. The Morgan fingerprint density at radius 1 is 1.50 bits per heavy atom. The smallest absolute Gasteiger partial charge is 0.333 e. The Kier molecular flexibility index (Phi) is 3.83. The molecule has 14 heavy (non-hydrogen) atoms. The second-order valence-electron chi connectivity index (χ2n) is 3.35. The van der Waals surface area contributed by atoms with Crippen LogP contribution < -0.4 is 0 Å². The molecule has 0 radical (unpaired) electrons. The van der Waals surface area contributed by atoms with E-state index in [-0.39, 0.29) is 24.3 Å². The maximum atomic E-state index is 11.2. The van der Waals surface area contributed by atoms with Crippen molar-refractivity contribution < 1.29 is 19.1 Å². The minimum Gasteiger partial charge on any atom is -0.459 e. The molecule has 1 atom stereocenters. The highest BCUT2D eigenvalue weighted by Gasteiger charge is 2.24. The van der Waals surface area contributed by atoms with Crippen LogP contribution in [0, 0.1) is 0 Å². The molecule has 1 saturated heterocycles. The van der Waals surface area contributed by atoms with Crippen LogP contribution in [0.1, 0.15) is 20.3 Å². The van der Waals surface area contributed by atoms with Crippen LogP contribution in [0.25, 0.3) is 0 Å². The van der Waals surface area contributed by atoms with E-state index in [1.54, 1.807) is 13.0 Å². The lowest BCUT2D eigenvalue weighted by molar-refractivity contribution is -0.139. The lowest BCUT2D eigenvalue weighted by Crippen LogP contribution is -2.10. The number of rotatable bonds is 5. The third-order valence-electron chi connectivity index (χ3n) is 1.82. The first kappa shape index (κ1) is 10.9. The van der Waals surface area contributed by atoms with E-state index in [0.717, 1.165) is 0 Å². The molecule has 1 fully saturated rings. The van der Waals surface area contributed by atoms with Crippen molar-refractivity contribution in [3.63, 3.8) is 0 Å². The summed E-state index contributed by atoms with van der Waals surface area (Å²) in [7, 11) is 0. The first-order valence-electron chi connectivity index (χ1n) is 4.54. The molecule has 1 rings (SSSR count). The summed E-state index contributed by atoms with van der Waals surface area (Å²) < 4.78 is 9.80. The van der Waals surface area contributed by atoms with E-state index in [1.807, 2.05) is 0 Å². The van der Waals surface area contributed by atoms with Gasteiger partial charge >= 0.3 is 5.97 Å². The van der Waals surface area contributed by atoms with E-state index >= 15 is 0 Å². The molecule has 0 saturated carbocycles. The van der Waals surface area contributed by atoms with Gasteiger partial charge in [-0.1, -0.05) is 6.08 Å². The van der Waals surface area contributed by atoms with Crippen molar-refractivity contribution in [1.29, 1.82) is 0 Å². The van der Waals surface area contributed by atoms with Crippen molar-refractivity contribution in [2.75, 3.05) is 13.2 Å². The van der Waals surface area contributed by atoms with Crippen LogP contribution in [0.5, 0.6) is 0 Å². The van der Waals surface area contributed by atoms with Crippen LogP contribution in [-0.2, 0) is 19.1 Å². The van der Waals surface area contributed by atoms with E-state index in [0.29, 0.717) is 18.8 Å². The van der Waals surface area contributed by atoms with E-state index in [1.165, 1.54) is 6.92 Å². The minimum atomic E-state index is -0.373. The van der Waals surface area contributed by atoms with Crippen molar-refractivity contribution in [3.05, 3.63) is 11.6 Å². The molecule has 1 heterocycles. The van der Waals surface area contributed by atoms with Crippen LogP contribution in [0.15, 0.2) is 11.6 Å². The first-order chi connectivity index (χ1) is 6.59. The monoisotopic (exact) mass is 198 g/mol. The summed E-state index contributed by atoms with van der Waals surface area (Å²) in [6.45, 7) is 4.10. The lowest BCUT2D eigenvalue weighted by Gasteiger charge is -2.01. The normalized spacial score (nSPS) is 20.4. The molecule has 0 aromatic heterocycles. The summed E-state index contributed by atoms with van der Waals surface area (Å²) in [5, 5.41) is 0. The van der Waals surface area contributed by atoms with Gasteiger partial charge in [-0.3, -0.25) is 4.79 Å². The van der Waals surface area contributed by atoms with Crippen molar-refractivity contribution in [1.82, 2.24) is 0 Å². The Morgan fingerprint density at radius 3 is 2.64 bits per heavy atom. The van der Waals surface area contributed by atoms with Gasteiger partial charge in [0.05, 0.1) is 6.61 Å². The van der Waals surface area contributed by atoms with Gasteiger partial charge in [-0.15, -0.1) is 0 Å². The van der Waals surface area contributed by atoms with Gasteiger partial charge in [0.1, 0.15) is 18.5 Å². The molecule has 0 N–H and O–H groups in total. The third kappa shape index (κ3) is 4.18. The Balaban J connectivity index is 2.26. The largest absolute Gasteiger partial charge is 0.459 e. The molecular formula is C10H14O4. The Bertz CT molecular complexity index is 263. The molecule has 78 valence electrons. The number of ether oxygens (including phenoxy) is 2. The third-order valence-corrected chi connectivity index (χ3v) is 1.82. The number of carbonyl (C=O) groups is 2. The number of epoxide rings is 1. The number of hydrogen-bond donors (Lipinski definition) is 0. The molecule has 0 amide bonds. The first-order valence-corrected chi connectivity index (χ1v) is 4.54. The zero-order valence-corrected chi connectivity index (χ0v) is 8.41. The van der Waals surface area contributed by atoms with E-state index < -0.39 is 0 Å². The maximum absolute atomic E-state index is 11.2. The quantitative estimate of drug-likeness (QED) is 0.373. The highest BCUT2D eigenvalue weighted by molar-refractivity contribution is 5.89. The van der Waals surface area contributed by atoms with Crippen LogP contribution in [0.2, 0.25) is 0 Å². The van der Waals surface area contributed by atoms with Crippen LogP contribution in [-0.4, -0.2) is 31.1 Å². The number of allylic oxidation sites excluding steroid dienone is 1. The summed E-state index contributed by atoms with van der Waals surface area (Å²) in [6, 6.07) is 0. The molecule has 4 nitrogen and oxygen atoms in total. The Hall–Kier alpha value is -1.16. The van der Waals surface area contributed by atoms with Gasteiger partial charge in [-0.25, -0.2) is 4.79 Å². The van der Waals surface area contributed by atoms with Gasteiger partial charge < -0.3 is 9.47 Å². The van der Waals surface area contributed by atoms with Crippen LogP contribution >= 0.6 is 0 Å². The van der Waals surface area contributed by atoms with E-state index in [9.17, 15) is 9.59 Å². The Morgan fingerprint density at radius 2 is 2.14 bits per heavy atom. The van der Waals surface area contributed by atoms with Crippen molar-refractivity contribution in [3.8, 4) is 0 Å². The van der Waals surface area contributed by atoms with Gasteiger partial charge in [-0.2, -0.15) is 0 Å². The fourth-order valence-electron chi connectivity index (χ4n) is 0.827. The Labute approximate surface area is 82.9 Å². The number of carbonyl (C=O) groups excluding carboxylic acids is 2. The van der Waals surface area contributed by atoms with Gasteiger partial charge in [0.25, 0.3) is 0 Å². The predicted octanol–water partition coefficient (Wildman–Crippen LogP) is 0.854. The van der Waals surface area contributed by atoms with Gasteiger partial charge in [0.2, 0.25) is 0 Å². The zero-order chi connectivity index (χ0) is 10.6. The standard InChI is InChI=1S/C10H14O4/c1-7(3-4-8(2)11)10(12)14-6-9-5-13-9/h3,9H,4-6H2,1-2H3/b7-3+. The van der Waals surface area contributed by atoms with Crippen LogP contribution in [0.4, 0.5) is 0 Å². The van der Waals surface area contributed by atoms with Crippen LogP contribution in [0.3, 0.4) is 0 Å². The van der Waals surface area contributed by atoms with Gasteiger partial charge in [0, 0.05) is 12.0 Å². The maximum Gasteiger partial charge on any atom is 0.333 e. The summed E-state index contributed by atoms with van der Waals surface area (Å²) in [6.07, 6.45) is 1.94. The van der Waals surface area contributed by atoms with Gasteiger partial charge in [-0.05, 0) is 13.8 Å². The zero-order valence-electron chi connectivity index (χ0n) is 8.41. The summed E-state index contributed by atoms with van der Waals surface area (Å²) in [5.41, 5.74) is 0.473. The van der Waals surface area contributed by atoms with Crippen molar-refractivity contribution in [2.24, 2.45) is 0 Å². The number of hydrogen-bond acceptors (Lipinski definition) is 4. The molecular weight excluding hydrogens is 184 g/mol. The average molecular weight is 198 g/mol. The molecule has 0 bridgehead atoms. The topological polar surface area (TPSA) is 55.9 Å². The number of esters is 1. The molecule has 0 aromatic carbocycles. The van der Waals surface area contributed by atoms with E-state index in [2.05, 4.69) is 0 Å². The van der Waals surface area contributed by atoms with Gasteiger partial charge in [0.15, 0.2) is 0 Å².